The standard InChI is InChI=1S/C15H23N5S/c1-4-8-16-15(21)19-14-17-11(2)10-13(18-14)20-9-6-5-7-12(20)3/h4,10,12H,1,5-9H2,2-3H3,(H2,16,17,18,19,21). The van der Waals surface area contributed by atoms with E-state index in [0.717, 1.165) is 18.1 Å². The van der Waals surface area contributed by atoms with Gasteiger partial charge in [-0.1, -0.05) is 6.08 Å². The van der Waals surface area contributed by atoms with E-state index in [9.17, 15) is 0 Å². The second-order valence-electron chi connectivity index (χ2n) is 5.35. The molecule has 2 N–H and O–H groups in total. The van der Waals surface area contributed by atoms with Crippen molar-refractivity contribution < 1.29 is 0 Å². The molecule has 1 aromatic rings. The van der Waals surface area contributed by atoms with Gasteiger partial charge < -0.3 is 15.5 Å². The number of nitrogens with one attached hydrogen (secondary N) is 2. The summed E-state index contributed by atoms with van der Waals surface area (Å²) < 4.78 is 0. The van der Waals surface area contributed by atoms with Crippen LogP contribution >= 0.6 is 12.2 Å². The van der Waals surface area contributed by atoms with E-state index in [0.29, 0.717) is 23.6 Å². The Kier molecular flexibility index (Phi) is 5.50. The third kappa shape index (κ3) is 4.39. The van der Waals surface area contributed by atoms with Gasteiger partial charge >= 0.3 is 0 Å². The summed E-state index contributed by atoms with van der Waals surface area (Å²) in [6, 6.07) is 2.56. The molecule has 21 heavy (non-hydrogen) atoms. The summed E-state index contributed by atoms with van der Waals surface area (Å²) in [7, 11) is 0. The van der Waals surface area contributed by atoms with E-state index in [4.69, 9.17) is 12.2 Å². The van der Waals surface area contributed by atoms with Crippen molar-refractivity contribution in [2.75, 3.05) is 23.3 Å². The van der Waals surface area contributed by atoms with Crippen LogP contribution in [0.3, 0.4) is 0 Å². The van der Waals surface area contributed by atoms with Gasteiger partial charge in [0.25, 0.3) is 0 Å². The van der Waals surface area contributed by atoms with Gasteiger partial charge in [0.1, 0.15) is 5.82 Å². The zero-order valence-corrected chi connectivity index (χ0v) is 13.5. The van der Waals surface area contributed by atoms with Gasteiger partial charge in [-0.05, 0) is 45.3 Å². The summed E-state index contributed by atoms with van der Waals surface area (Å²) in [4.78, 5) is 11.4. The molecule has 0 aromatic carbocycles. The number of rotatable bonds is 4. The van der Waals surface area contributed by atoms with Crippen LogP contribution in [-0.2, 0) is 0 Å². The van der Waals surface area contributed by atoms with E-state index in [1.807, 2.05) is 13.0 Å². The van der Waals surface area contributed by atoms with Crippen LogP contribution in [0.2, 0.25) is 0 Å². The molecule has 2 heterocycles. The molecule has 0 spiro atoms. The summed E-state index contributed by atoms with van der Waals surface area (Å²) >= 11 is 5.20. The Labute approximate surface area is 131 Å². The number of aryl methyl sites for hydroxylation is 1. The Morgan fingerprint density at radius 2 is 2.33 bits per heavy atom. The molecule has 6 heteroatoms. The van der Waals surface area contributed by atoms with Crippen LogP contribution in [0.5, 0.6) is 0 Å². The summed E-state index contributed by atoms with van der Waals surface area (Å²) in [5.41, 5.74) is 0.937. The van der Waals surface area contributed by atoms with Crippen molar-refractivity contribution in [3.63, 3.8) is 0 Å². The molecule has 1 saturated heterocycles. The number of nitrogens with zero attached hydrogens (tertiary/aromatic N) is 3. The number of hydrogen-bond donors (Lipinski definition) is 2. The van der Waals surface area contributed by atoms with Crippen molar-refractivity contribution in [1.82, 2.24) is 15.3 Å². The average Bonchev–Trinajstić information content (AvgIpc) is 2.45. The number of hydrogen-bond acceptors (Lipinski definition) is 4. The summed E-state index contributed by atoms with van der Waals surface area (Å²) in [5.74, 6) is 1.52. The Bertz CT molecular complexity index is 517. The number of aromatic nitrogens is 2. The molecule has 1 unspecified atom stereocenters. The van der Waals surface area contributed by atoms with Gasteiger partial charge in [-0.2, -0.15) is 4.98 Å². The number of thiocarbonyl (C=S) groups is 1. The van der Waals surface area contributed by atoms with E-state index in [2.05, 4.69) is 39.0 Å². The molecular weight excluding hydrogens is 282 g/mol. The van der Waals surface area contributed by atoms with Gasteiger partial charge in [-0.25, -0.2) is 4.98 Å². The predicted octanol–water partition coefficient (Wildman–Crippen LogP) is 2.64. The van der Waals surface area contributed by atoms with E-state index >= 15 is 0 Å². The summed E-state index contributed by atoms with van der Waals surface area (Å²) in [6.45, 7) is 9.55. The van der Waals surface area contributed by atoms with Crippen molar-refractivity contribution in [1.29, 1.82) is 0 Å². The van der Waals surface area contributed by atoms with Crippen molar-refractivity contribution in [3.05, 3.63) is 24.4 Å². The zero-order chi connectivity index (χ0) is 15.2. The molecule has 114 valence electrons. The normalized spacial score (nSPS) is 18.2. The van der Waals surface area contributed by atoms with Gasteiger partial charge in [-0.3, -0.25) is 0 Å². The van der Waals surface area contributed by atoms with Gasteiger partial charge in [0.15, 0.2) is 5.11 Å². The lowest BCUT2D eigenvalue weighted by Crippen LogP contribution is -2.38. The first-order valence-electron chi connectivity index (χ1n) is 7.38. The zero-order valence-electron chi connectivity index (χ0n) is 12.7. The molecule has 0 aliphatic carbocycles. The lowest BCUT2D eigenvalue weighted by molar-refractivity contribution is 0.481. The Morgan fingerprint density at radius 3 is 3.05 bits per heavy atom. The van der Waals surface area contributed by atoms with Crippen LogP contribution in [0, 0.1) is 6.92 Å². The second kappa shape index (κ2) is 7.36. The SMILES string of the molecule is C=CCNC(=S)Nc1nc(C)cc(N2CCCCC2C)n1. The highest BCUT2D eigenvalue weighted by Gasteiger charge is 2.20. The van der Waals surface area contributed by atoms with Gasteiger partial charge in [-0.15, -0.1) is 6.58 Å². The first-order chi connectivity index (χ1) is 10.1. The van der Waals surface area contributed by atoms with Crippen molar-refractivity contribution >= 4 is 29.1 Å². The van der Waals surface area contributed by atoms with Crippen LogP contribution in [0.15, 0.2) is 18.7 Å². The fourth-order valence-corrected chi connectivity index (χ4v) is 2.68. The largest absolute Gasteiger partial charge is 0.359 e. The lowest BCUT2D eigenvalue weighted by atomic mass is 10.0. The maximum absolute atomic E-state index is 5.20. The highest BCUT2D eigenvalue weighted by atomic mass is 32.1. The molecule has 0 saturated carbocycles. The lowest BCUT2D eigenvalue weighted by Gasteiger charge is -2.34. The number of anilines is 2. The fourth-order valence-electron chi connectivity index (χ4n) is 2.50. The van der Waals surface area contributed by atoms with Crippen LogP contribution < -0.4 is 15.5 Å². The quantitative estimate of drug-likeness (QED) is 0.659. The van der Waals surface area contributed by atoms with Crippen LogP contribution in [-0.4, -0.2) is 34.2 Å². The third-order valence-corrected chi connectivity index (χ3v) is 3.82. The molecule has 0 amide bonds. The molecule has 0 bridgehead atoms. The maximum atomic E-state index is 5.20. The monoisotopic (exact) mass is 305 g/mol. The molecule has 1 aromatic heterocycles. The molecule has 2 rings (SSSR count). The van der Waals surface area contributed by atoms with Gasteiger partial charge in [0.2, 0.25) is 5.95 Å². The topological polar surface area (TPSA) is 53.1 Å². The minimum absolute atomic E-state index is 0.512. The minimum Gasteiger partial charge on any atom is -0.359 e. The van der Waals surface area contributed by atoms with Gasteiger partial charge in [0.05, 0.1) is 0 Å². The summed E-state index contributed by atoms with van der Waals surface area (Å²) in [5, 5.41) is 6.56. The molecular formula is C15H23N5S. The molecule has 1 aliphatic rings. The van der Waals surface area contributed by atoms with Crippen molar-refractivity contribution in [3.8, 4) is 0 Å². The van der Waals surface area contributed by atoms with E-state index in [-0.39, 0.29) is 0 Å². The van der Waals surface area contributed by atoms with Gasteiger partial charge in [0, 0.05) is 30.9 Å². The summed E-state index contributed by atoms with van der Waals surface area (Å²) in [6.07, 6.45) is 5.48. The minimum atomic E-state index is 0.512. The van der Waals surface area contributed by atoms with Crippen LogP contribution in [0.4, 0.5) is 11.8 Å². The highest BCUT2D eigenvalue weighted by Crippen LogP contribution is 2.24. The second-order valence-corrected chi connectivity index (χ2v) is 5.76. The molecule has 1 atom stereocenters. The van der Waals surface area contributed by atoms with E-state index in [1.165, 1.54) is 19.3 Å². The number of piperidine rings is 1. The Balaban J connectivity index is 2.12. The average molecular weight is 305 g/mol. The smallest absolute Gasteiger partial charge is 0.231 e. The fraction of sp³-hybridized carbons (Fsp3) is 0.533. The predicted molar refractivity (Wildman–Crippen MR) is 91.8 cm³/mol. The van der Waals surface area contributed by atoms with E-state index in [1.54, 1.807) is 6.08 Å². The first kappa shape index (κ1) is 15.7. The molecule has 5 nitrogen and oxygen atoms in total. The van der Waals surface area contributed by atoms with Crippen molar-refractivity contribution in [2.45, 2.75) is 39.2 Å². The van der Waals surface area contributed by atoms with Crippen molar-refractivity contribution in [2.24, 2.45) is 0 Å². The van der Waals surface area contributed by atoms with Crippen LogP contribution in [0.25, 0.3) is 0 Å². The maximum Gasteiger partial charge on any atom is 0.231 e. The molecule has 1 aliphatic heterocycles. The first-order valence-corrected chi connectivity index (χ1v) is 7.79. The highest BCUT2D eigenvalue weighted by molar-refractivity contribution is 7.80. The van der Waals surface area contributed by atoms with E-state index < -0.39 is 0 Å². The molecule has 0 radical (unpaired) electrons. The third-order valence-electron chi connectivity index (χ3n) is 3.57. The van der Waals surface area contributed by atoms with Crippen LogP contribution in [0.1, 0.15) is 31.9 Å². The Morgan fingerprint density at radius 1 is 1.52 bits per heavy atom. The Hall–Kier alpha value is -1.69. The molecule has 1 fully saturated rings.